The Hall–Kier alpha value is -1.38. The SMILES string of the molecule is CC.Cc1cn2cnccc2n1. The molecule has 12 heavy (non-hydrogen) atoms. The molecule has 0 aliphatic carbocycles. The number of fused-ring (bicyclic) bond motifs is 1. The van der Waals surface area contributed by atoms with E-state index in [1.165, 1.54) is 0 Å². The summed E-state index contributed by atoms with van der Waals surface area (Å²) in [4.78, 5) is 8.19. The third kappa shape index (κ3) is 1.61. The molecule has 0 aliphatic rings. The average Bonchev–Trinajstić information content (AvgIpc) is 2.48. The van der Waals surface area contributed by atoms with Gasteiger partial charge in [-0.1, -0.05) is 13.8 Å². The van der Waals surface area contributed by atoms with E-state index in [2.05, 4.69) is 9.97 Å². The van der Waals surface area contributed by atoms with Gasteiger partial charge in [0.2, 0.25) is 0 Å². The van der Waals surface area contributed by atoms with E-state index in [1.807, 2.05) is 37.4 Å². The first-order valence-corrected chi connectivity index (χ1v) is 4.11. The Balaban J connectivity index is 0.000000336. The van der Waals surface area contributed by atoms with Crippen LogP contribution in [0.15, 0.2) is 24.8 Å². The zero-order valence-electron chi connectivity index (χ0n) is 7.65. The molecule has 0 aliphatic heterocycles. The summed E-state index contributed by atoms with van der Waals surface area (Å²) in [5, 5.41) is 0. The summed E-state index contributed by atoms with van der Waals surface area (Å²) >= 11 is 0. The number of nitrogens with zero attached hydrogens (tertiary/aromatic N) is 3. The van der Waals surface area contributed by atoms with Gasteiger partial charge in [-0.2, -0.15) is 0 Å². The minimum Gasteiger partial charge on any atom is -0.290 e. The van der Waals surface area contributed by atoms with Gasteiger partial charge >= 0.3 is 0 Å². The van der Waals surface area contributed by atoms with Crippen LogP contribution in [0.3, 0.4) is 0 Å². The standard InChI is InChI=1S/C7H7N3.C2H6/c1-6-4-10-5-8-3-2-7(10)9-6;1-2/h2-5H,1H3;1-2H3. The number of hydrogen-bond acceptors (Lipinski definition) is 2. The minimum atomic E-state index is 0.951. The summed E-state index contributed by atoms with van der Waals surface area (Å²) in [7, 11) is 0. The van der Waals surface area contributed by atoms with Crippen LogP contribution in [0, 0.1) is 6.92 Å². The lowest BCUT2D eigenvalue weighted by molar-refractivity contribution is 1.09. The molecular weight excluding hydrogens is 150 g/mol. The monoisotopic (exact) mass is 163 g/mol. The summed E-state index contributed by atoms with van der Waals surface area (Å²) in [5.41, 5.74) is 1.97. The fourth-order valence-electron chi connectivity index (χ4n) is 0.971. The Labute approximate surface area is 72.1 Å². The van der Waals surface area contributed by atoms with Crippen molar-refractivity contribution in [3.8, 4) is 0 Å². The van der Waals surface area contributed by atoms with Crippen molar-refractivity contribution in [3.63, 3.8) is 0 Å². The molecule has 3 heteroatoms. The fraction of sp³-hybridized carbons (Fsp3) is 0.333. The number of imidazole rings is 1. The predicted octanol–water partition coefficient (Wildman–Crippen LogP) is 2.06. The highest BCUT2D eigenvalue weighted by molar-refractivity contribution is 5.37. The van der Waals surface area contributed by atoms with Crippen molar-refractivity contribution in [1.29, 1.82) is 0 Å². The minimum absolute atomic E-state index is 0.951. The van der Waals surface area contributed by atoms with Crippen LogP contribution < -0.4 is 0 Å². The molecule has 3 nitrogen and oxygen atoms in total. The summed E-state index contributed by atoms with van der Waals surface area (Å²) in [6, 6.07) is 1.88. The smallest absolute Gasteiger partial charge is 0.139 e. The molecule has 0 N–H and O–H groups in total. The normalized spacial score (nSPS) is 9.25. The Morgan fingerprint density at radius 2 is 2.08 bits per heavy atom. The highest BCUT2D eigenvalue weighted by Gasteiger charge is 1.92. The number of hydrogen-bond donors (Lipinski definition) is 0. The van der Waals surface area contributed by atoms with Crippen molar-refractivity contribution < 1.29 is 0 Å². The first-order chi connectivity index (χ1) is 5.86. The second-order valence-corrected chi connectivity index (χ2v) is 2.23. The number of aryl methyl sites for hydroxylation is 1. The van der Waals surface area contributed by atoms with Gasteiger partial charge in [-0.3, -0.25) is 4.40 Å². The molecule has 0 fully saturated rings. The van der Waals surface area contributed by atoms with Gasteiger partial charge in [0.25, 0.3) is 0 Å². The fourth-order valence-corrected chi connectivity index (χ4v) is 0.971. The lowest BCUT2D eigenvalue weighted by atomic mass is 10.6. The molecule has 0 saturated heterocycles. The lowest BCUT2D eigenvalue weighted by Gasteiger charge is -1.85. The first kappa shape index (κ1) is 8.71. The second-order valence-electron chi connectivity index (χ2n) is 2.23. The summed E-state index contributed by atoms with van der Waals surface area (Å²) in [6.45, 7) is 5.97. The van der Waals surface area contributed by atoms with Crippen LogP contribution in [-0.2, 0) is 0 Å². The van der Waals surface area contributed by atoms with Crippen LogP contribution in [0.1, 0.15) is 19.5 Å². The lowest BCUT2D eigenvalue weighted by Crippen LogP contribution is -1.81. The first-order valence-electron chi connectivity index (χ1n) is 4.11. The maximum Gasteiger partial charge on any atom is 0.139 e. The van der Waals surface area contributed by atoms with E-state index in [4.69, 9.17) is 0 Å². The molecule has 0 spiro atoms. The van der Waals surface area contributed by atoms with Gasteiger partial charge in [0, 0.05) is 12.4 Å². The summed E-state index contributed by atoms with van der Waals surface area (Å²) in [6.07, 6.45) is 5.43. The van der Waals surface area contributed by atoms with Crippen molar-refractivity contribution in [3.05, 3.63) is 30.5 Å². The maximum atomic E-state index is 4.24. The molecule has 2 aromatic rings. The topological polar surface area (TPSA) is 30.2 Å². The largest absolute Gasteiger partial charge is 0.290 e. The summed E-state index contributed by atoms with van der Waals surface area (Å²) < 4.78 is 1.90. The zero-order valence-corrected chi connectivity index (χ0v) is 7.65. The maximum absolute atomic E-state index is 4.24. The predicted molar refractivity (Wildman–Crippen MR) is 49.1 cm³/mol. The molecule has 2 aromatic heterocycles. The van der Waals surface area contributed by atoms with Gasteiger partial charge in [0.15, 0.2) is 0 Å². The number of rotatable bonds is 0. The molecule has 2 heterocycles. The van der Waals surface area contributed by atoms with Crippen LogP contribution in [0.2, 0.25) is 0 Å². The van der Waals surface area contributed by atoms with Gasteiger partial charge < -0.3 is 0 Å². The van der Waals surface area contributed by atoms with Crippen molar-refractivity contribution in [2.45, 2.75) is 20.8 Å². The van der Waals surface area contributed by atoms with E-state index in [1.54, 1.807) is 12.5 Å². The highest BCUT2D eigenvalue weighted by Crippen LogP contribution is 2.00. The van der Waals surface area contributed by atoms with E-state index in [-0.39, 0.29) is 0 Å². The third-order valence-corrected chi connectivity index (χ3v) is 1.38. The van der Waals surface area contributed by atoms with Crippen LogP contribution in [0.4, 0.5) is 0 Å². The van der Waals surface area contributed by atoms with Gasteiger partial charge in [0.05, 0.1) is 5.69 Å². The molecule has 0 aromatic carbocycles. The molecule has 0 atom stereocenters. The molecule has 0 bridgehead atoms. The highest BCUT2D eigenvalue weighted by atomic mass is 15.0. The Kier molecular flexibility index (Phi) is 2.80. The molecule has 64 valence electrons. The second kappa shape index (κ2) is 3.85. The van der Waals surface area contributed by atoms with E-state index in [0.717, 1.165) is 11.3 Å². The van der Waals surface area contributed by atoms with E-state index in [9.17, 15) is 0 Å². The van der Waals surface area contributed by atoms with E-state index < -0.39 is 0 Å². The quantitative estimate of drug-likeness (QED) is 0.595. The Morgan fingerprint density at radius 1 is 1.33 bits per heavy atom. The van der Waals surface area contributed by atoms with Crippen LogP contribution in [-0.4, -0.2) is 14.4 Å². The van der Waals surface area contributed by atoms with E-state index >= 15 is 0 Å². The van der Waals surface area contributed by atoms with Crippen molar-refractivity contribution in [2.75, 3.05) is 0 Å². The van der Waals surface area contributed by atoms with Gasteiger partial charge in [-0.05, 0) is 13.0 Å². The molecule has 0 amide bonds. The van der Waals surface area contributed by atoms with Gasteiger partial charge in [0.1, 0.15) is 12.0 Å². The molecule has 0 unspecified atom stereocenters. The van der Waals surface area contributed by atoms with Gasteiger partial charge in [-0.25, -0.2) is 9.97 Å². The number of aromatic nitrogens is 3. The van der Waals surface area contributed by atoms with Crippen molar-refractivity contribution >= 4 is 5.65 Å². The van der Waals surface area contributed by atoms with Gasteiger partial charge in [-0.15, -0.1) is 0 Å². The molecule has 0 radical (unpaired) electrons. The average molecular weight is 163 g/mol. The van der Waals surface area contributed by atoms with Crippen molar-refractivity contribution in [1.82, 2.24) is 14.4 Å². The third-order valence-electron chi connectivity index (χ3n) is 1.38. The molecule has 2 rings (SSSR count). The van der Waals surface area contributed by atoms with E-state index in [0.29, 0.717) is 0 Å². The molecule has 0 saturated carbocycles. The Bertz CT molecular complexity index is 318. The summed E-state index contributed by atoms with van der Waals surface area (Å²) in [5.74, 6) is 0. The van der Waals surface area contributed by atoms with Crippen LogP contribution in [0.5, 0.6) is 0 Å². The van der Waals surface area contributed by atoms with Crippen molar-refractivity contribution in [2.24, 2.45) is 0 Å². The molecular formula is C9H13N3. The zero-order chi connectivity index (χ0) is 8.97. The Morgan fingerprint density at radius 3 is 2.75 bits per heavy atom. The van der Waals surface area contributed by atoms with Crippen LogP contribution in [0.25, 0.3) is 5.65 Å². The van der Waals surface area contributed by atoms with Crippen LogP contribution >= 0.6 is 0 Å².